The van der Waals surface area contributed by atoms with E-state index >= 15 is 0 Å². The number of hydrogen-bond donors (Lipinski definition) is 0. The van der Waals surface area contributed by atoms with Crippen LogP contribution in [0, 0.1) is 20.2 Å². The summed E-state index contributed by atoms with van der Waals surface area (Å²) in [5, 5.41) is 22.6. The van der Waals surface area contributed by atoms with Gasteiger partial charge in [0.2, 0.25) is 0 Å². The highest BCUT2D eigenvalue weighted by atomic mass is 16.6. The molecule has 0 unspecified atom stereocenters. The van der Waals surface area contributed by atoms with E-state index in [4.69, 9.17) is 0 Å². The van der Waals surface area contributed by atoms with E-state index in [0.717, 1.165) is 47.1 Å². The average molecular weight is 580 g/mol. The summed E-state index contributed by atoms with van der Waals surface area (Å²) in [6.07, 6.45) is 6.00. The maximum Gasteiger partial charge on any atom is 0.282 e. The lowest BCUT2D eigenvalue weighted by atomic mass is 9.74. The Hall–Kier alpha value is -4.93. The minimum absolute atomic E-state index is 0.0700. The molecule has 2 heterocycles. The zero-order valence-corrected chi connectivity index (χ0v) is 25.3. The maximum absolute atomic E-state index is 11.3. The van der Waals surface area contributed by atoms with Gasteiger partial charge in [-0.2, -0.15) is 0 Å². The van der Waals surface area contributed by atoms with Gasteiger partial charge in [0.25, 0.3) is 17.2 Å². The van der Waals surface area contributed by atoms with Crippen LogP contribution in [0.1, 0.15) is 33.5 Å². The predicted molar refractivity (Wildman–Crippen MR) is 174 cm³/mol. The number of rotatable bonds is 9. The van der Waals surface area contributed by atoms with E-state index < -0.39 is 0 Å². The Labute approximate surface area is 252 Å². The highest BCUT2D eigenvalue weighted by Crippen LogP contribution is 2.43. The zero-order chi connectivity index (χ0) is 31.1. The van der Waals surface area contributed by atoms with Gasteiger partial charge in [0.1, 0.15) is 5.82 Å². The van der Waals surface area contributed by atoms with E-state index in [1.807, 2.05) is 57.1 Å². The number of aryl methyl sites for hydroxylation is 2. The lowest BCUT2D eigenvalue weighted by Crippen LogP contribution is -2.35. The minimum Gasteiger partial charge on any atom is -0.326 e. The highest BCUT2D eigenvalue weighted by Gasteiger charge is 2.31. The van der Waals surface area contributed by atoms with Crippen LogP contribution < -0.4 is 19.8 Å². The van der Waals surface area contributed by atoms with Crippen LogP contribution in [-0.2, 0) is 13.1 Å². The molecule has 0 aliphatic carbocycles. The number of allylic oxidation sites excluding steroid dienone is 2. The topological polar surface area (TPSA) is 102 Å². The number of aromatic nitrogens is 2. The van der Waals surface area contributed by atoms with Gasteiger partial charge in [0.15, 0.2) is 11.0 Å². The lowest BCUT2D eigenvalue weighted by Gasteiger charge is -2.22. The quantitative estimate of drug-likeness (QED) is 0.103. The van der Waals surface area contributed by atoms with E-state index in [0.29, 0.717) is 13.1 Å². The first-order chi connectivity index (χ1) is 20.8. The number of nitrogens with zero attached hydrogens (tertiary/aromatic N) is 6. The Bertz CT molecular complexity index is 1680. The first kappa shape index (κ1) is 31.0. The molecular formula is C32H37BN6O4. The molecule has 0 atom stereocenters. The molecule has 222 valence electrons. The van der Waals surface area contributed by atoms with E-state index in [1.54, 1.807) is 24.3 Å². The third-order valence-corrected chi connectivity index (χ3v) is 7.50. The number of nitro benzene ring substituents is 2. The predicted octanol–water partition coefficient (Wildman–Crippen LogP) is 6.07. The lowest BCUT2D eigenvalue weighted by molar-refractivity contribution is -0.670. The molecule has 43 heavy (non-hydrogen) atoms. The first-order valence-electron chi connectivity index (χ1n) is 14.6. The van der Waals surface area contributed by atoms with Gasteiger partial charge >= 0.3 is 0 Å². The summed E-state index contributed by atoms with van der Waals surface area (Å²) in [6, 6.07) is 20.2. The molecule has 3 aromatic carbocycles. The highest BCUT2D eigenvalue weighted by molar-refractivity contribution is 6.51. The van der Waals surface area contributed by atoms with Crippen molar-refractivity contribution in [2.24, 2.45) is 0 Å². The van der Waals surface area contributed by atoms with Crippen LogP contribution in [0.2, 0.25) is 6.82 Å². The van der Waals surface area contributed by atoms with Crippen LogP contribution in [0.5, 0.6) is 0 Å². The van der Waals surface area contributed by atoms with E-state index in [1.165, 1.54) is 17.6 Å². The molecule has 0 saturated heterocycles. The van der Waals surface area contributed by atoms with Gasteiger partial charge in [-0.3, -0.25) is 25.7 Å². The Kier molecular flexibility index (Phi) is 9.97. The number of benzene rings is 3. The van der Waals surface area contributed by atoms with Gasteiger partial charge in [-0.1, -0.05) is 24.3 Å². The van der Waals surface area contributed by atoms with Crippen LogP contribution in [0.25, 0.3) is 17.1 Å². The second-order valence-electron chi connectivity index (χ2n) is 9.78. The third-order valence-electron chi connectivity index (χ3n) is 7.50. The summed E-state index contributed by atoms with van der Waals surface area (Å²) >= 11 is 0. The van der Waals surface area contributed by atoms with E-state index in [9.17, 15) is 20.2 Å². The fraction of sp³-hybridized carbons (Fsp3) is 0.281. The average Bonchev–Trinajstić information content (AvgIpc) is 3.51. The smallest absolute Gasteiger partial charge is 0.282 e. The molecule has 0 amide bonds. The van der Waals surface area contributed by atoms with Gasteiger partial charge in [0.05, 0.1) is 40.4 Å². The van der Waals surface area contributed by atoms with E-state index in [-0.39, 0.29) is 21.2 Å². The van der Waals surface area contributed by atoms with Crippen LogP contribution >= 0.6 is 0 Å². The number of hydrogen-bond acceptors (Lipinski definition) is 6. The molecule has 0 fully saturated rings. The van der Waals surface area contributed by atoms with Gasteiger partial charge in [0, 0.05) is 37.4 Å². The maximum atomic E-state index is 11.3. The van der Waals surface area contributed by atoms with Crippen molar-refractivity contribution in [1.82, 2.24) is 4.57 Å². The number of non-ortho nitro benzene ring substituents is 2. The normalized spacial score (nSPS) is 13.5. The Morgan fingerprint density at radius 3 is 2.00 bits per heavy atom. The molecule has 1 aromatic heterocycles. The molecule has 0 saturated carbocycles. The Balaban J connectivity index is 0.000000458. The summed E-state index contributed by atoms with van der Waals surface area (Å²) in [5.41, 5.74) is 4.95. The molecule has 0 spiro atoms. The third kappa shape index (κ3) is 6.30. The molecular weight excluding hydrogens is 543 g/mol. The standard InChI is InChI=1S/C25H29N6O4.C7H8B/c1-5-26-20-14-12-18(30(32)33)16-22(20)28(7-3)24(26)10-9-11-25-27(6-2)21-15-13-19(31(34)35)17-23(21)29(25)8-4;1-8-7-5-3-2-4-6-7/h9-17H,5-8H2,1-4H3;2-6H,1H3/q+1;-1. The second-order valence-corrected chi connectivity index (χ2v) is 9.78. The molecule has 2 radical (unpaired) electrons. The molecule has 0 bridgehead atoms. The van der Waals surface area contributed by atoms with Crippen molar-refractivity contribution >= 4 is 52.6 Å². The SMILES string of the molecule is CCN1C(=CC=Cc2n(CC)c3cc([N+](=O)[O-])ccc3[n+]2CC)N(CC)c2cc([N+](=O)[O-])ccc21.C[B-]c1ccccc1. The summed E-state index contributed by atoms with van der Waals surface area (Å²) in [5.74, 6) is 1.89. The minimum atomic E-state index is -0.372. The summed E-state index contributed by atoms with van der Waals surface area (Å²) in [6.45, 7) is 12.9. The van der Waals surface area contributed by atoms with Gasteiger partial charge in [-0.25, -0.2) is 16.0 Å². The van der Waals surface area contributed by atoms with E-state index in [2.05, 4.69) is 52.2 Å². The van der Waals surface area contributed by atoms with Crippen molar-refractivity contribution in [3.8, 4) is 0 Å². The molecule has 4 aromatic rings. The fourth-order valence-corrected chi connectivity index (χ4v) is 5.48. The zero-order valence-electron chi connectivity index (χ0n) is 25.3. The number of anilines is 2. The van der Waals surface area contributed by atoms with Gasteiger partial charge in [-0.15, -0.1) is 12.1 Å². The van der Waals surface area contributed by atoms with Crippen LogP contribution in [0.15, 0.2) is 84.7 Å². The van der Waals surface area contributed by atoms with Crippen molar-refractivity contribution in [3.05, 3.63) is 111 Å². The van der Waals surface area contributed by atoms with Gasteiger partial charge < -0.3 is 17.1 Å². The summed E-state index contributed by atoms with van der Waals surface area (Å²) in [4.78, 5) is 26.1. The van der Waals surface area contributed by atoms with Crippen molar-refractivity contribution in [2.75, 3.05) is 22.9 Å². The summed E-state index contributed by atoms with van der Waals surface area (Å²) < 4.78 is 4.21. The monoisotopic (exact) mass is 580 g/mol. The molecule has 5 rings (SSSR count). The largest absolute Gasteiger partial charge is 0.326 e. The van der Waals surface area contributed by atoms with Crippen LogP contribution in [0.4, 0.5) is 22.7 Å². The Morgan fingerprint density at radius 1 is 0.814 bits per heavy atom. The first-order valence-corrected chi connectivity index (χ1v) is 14.6. The van der Waals surface area contributed by atoms with Gasteiger partial charge in [-0.05, 0) is 45.9 Å². The second kappa shape index (κ2) is 13.8. The molecule has 0 N–H and O–H groups in total. The number of nitro groups is 2. The molecule has 10 nitrogen and oxygen atoms in total. The van der Waals surface area contributed by atoms with Crippen molar-refractivity contribution < 1.29 is 14.4 Å². The molecule has 11 heteroatoms. The van der Waals surface area contributed by atoms with Crippen molar-refractivity contribution in [3.63, 3.8) is 0 Å². The fourth-order valence-electron chi connectivity index (χ4n) is 5.48. The molecule has 1 aliphatic rings. The molecule has 1 aliphatic heterocycles. The van der Waals surface area contributed by atoms with Crippen molar-refractivity contribution in [2.45, 2.75) is 47.6 Å². The van der Waals surface area contributed by atoms with Crippen LogP contribution in [0.3, 0.4) is 0 Å². The summed E-state index contributed by atoms with van der Waals surface area (Å²) in [7, 11) is 2.08. The Morgan fingerprint density at radius 2 is 1.44 bits per heavy atom. The van der Waals surface area contributed by atoms with Crippen LogP contribution in [-0.4, -0.2) is 34.8 Å². The number of imidazole rings is 1. The van der Waals surface area contributed by atoms with Crippen molar-refractivity contribution in [1.29, 1.82) is 0 Å². The number of fused-ring (bicyclic) bond motifs is 2.